The summed E-state index contributed by atoms with van der Waals surface area (Å²) in [5, 5.41) is 2.94. The van der Waals surface area contributed by atoms with Gasteiger partial charge in [0, 0.05) is 30.9 Å². The molecule has 3 aromatic rings. The number of hydrogen-bond acceptors (Lipinski definition) is 4. The molecule has 0 unspecified atom stereocenters. The maximum absolute atomic E-state index is 14.2. The van der Waals surface area contributed by atoms with Crippen LogP contribution in [0.3, 0.4) is 0 Å². The van der Waals surface area contributed by atoms with Gasteiger partial charge in [-0.05, 0) is 81.1 Å². The average Bonchev–Trinajstić information content (AvgIpc) is 3.41. The molecule has 3 heterocycles. The maximum atomic E-state index is 14.2. The number of carbonyl (C=O) groups is 2. The number of fused-ring (bicyclic) bond motifs is 3. The molecule has 2 atom stereocenters. The lowest BCUT2D eigenvalue weighted by atomic mass is 9.79. The van der Waals surface area contributed by atoms with E-state index in [0.717, 1.165) is 28.3 Å². The lowest BCUT2D eigenvalue weighted by Gasteiger charge is -2.54. The molecule has 2 aromatic carbocycles. The zero-order chi connectivity index (χ0) is 28.4. The van der Waals surface area contributed by atoms with E-state index in [1.165, 1.54) is 12.1 Å². The van der Waals surface area contributed by atoms with Crippen molar-refractivity contribution >= 4 is 23.7 Å². The van der Waals surface area contributed by atoms with E-state index in [9.17, 15) is 18.4 Å². The third-order valence-electron chi connectivity index (χ3n) is 9.15. The van der Waals surface area contributed by atoms with Crippen LogP contribution in [0.25, 0.3) is 6.08 Å². The van der Waals surface area contributed by atoms with Gasteiger partial charge < -0.3 is 10.2 Å². The fourth-order valence-corrected chi connectivity index (χ4v) is 6.54. The van der Waals surface area contributed by atoms with E-state index < -0.39 is 28.1 Å². The van der Waals surface area contributed by atoms with E-state index in [0.29, 0.717) is 30.8 Å². The lowest BCUT2D eigenvalue weighted by molar-refractivity contribution is -0.159. The van der Waals surface area contributed by atoms with Gasteiger partial charge in [-0.1, -0.05) is 36.4 Å². The molecule has 1 aliphatic carbocycles. The molecule has 1 spiro atoms. The monoisotopic (exact) mass is 542 g/mol. The zero-order valence-corrected chi connectivity index (χ0v) is 23.1. The Hall–Kier alpha value is -3.91. The van der Waals surface area contributed by atoms with Gasteiger partial charge in [-0.2, -0.15) is 0 Å². The zero-order valence-electron chi connectivity index (χ0n) is 23.1. The van der Waals surface area contributed by atoms with E-state index in [1.54, 1.807) is 11.1 Å². The maximum Gasteiger partial charge on any atom is 0.243 e. The molecule has 1 fully saturated rings. The largest absolute Gasteiger partial charge is 0.327 e. The summed E-state index contributed by atoms with van der Waals surface area (Å²) < 4.78 is 28.5. The Balaban J connectivity index is 1.27. The normalized spacial score (nSPS) is 25.5. The van der Waals surface area contributed by atoms with Gasteiger partial charge in [0.15, 0.2) is 0 Å². The van der Waals surface area contributed by atoms with Gasteiger partial charge in [-0.3, -0.25) is 14.5 Å². The molecule has 6 nitrogen and oxygen atoms in total. The molecule has 0 bridgehead atoms. The first-order valence-electron chi connectivity index (χ1n) is 13.5. The van der Waals surface area contributed by atoms with Crippen molar-refractivity contribution in [2.45, 2.75) is 50.1 Å². The van der Waals surface area contributed by atoms with Crippen LogP contribution in [0.1, 0.15) is 48.6 Å². The number of nitrogens with one attached hydrogen (secondary N) is 1. The first kappa shape index (κ1) is 26.3. The predicted octanol–water partition coefficient (Wildman–Crippen LogP) is 4.83. The van der Waals surface area contributed by atoms with Crippen molar-refractivity contribution in [3.05, 3.63) is 100 Å². The molecule has 1 aromatic heterocycles. The highest BCUT2D eigenvalue weighted by molar-refractivity contribution is 6.06. The van der Waals surface area contributed by atoms with Crippen LogP contribution in [-0.2, 0) is 33.4 Å². The van der Waals surface area contributed by atoms with Crippen molar-refractivity contribution in [2.75, 3.05) is 25.5 Å². The Bertz CT molecular complexity index is 1560. The number of hydrogen-bond donors (Lipinski definition) is 1. The summed E-state index contributed by atoms with van der Waals surface area (Å²) in [6, 6.07) is 13.5. The minimum atomic E-state index is -0.934. The predicted molar refractivity (Wildman–Crippen MR) is 150 cm³/mol. The number of carbonyl (C=O) groups excluding carboxylic acids is 2. The minimum Gasteiger partial charge on any atom is -0.327 e. The number of amides is 2. The van der Waals surface area contributed by atoms with Gasteiger partial charge in [0.25, 0.3) is 0 Å². The van der Waals surface area contributed by atoms with Gasteiger partial charge in [0.1, 0.15) is 17.5 Å². The van der Waals surface area contributed by atoms with Gasteiger partial charge >= 0.3 is 0 Å². The van der Waals surface area contributed by atoms with Crippen LogP contribution in [-0.4, -0.2) is 52.3 Å². The van der Waals surface area contributed by atoms with Crippen LogP contribution < -0.4 is 5.32 Å². The number of anilines is 1. The highest BCUT2D eigenvalue weighted by Crippen LogP contribution is 2.46. The van der Waals surface area contributed by atoms with Gasteiger partial charge in [-0.25, -0.2) is 13.8 Å². The molecule has 1 saturated heterocycles. The van der Waals surface area contributed by atoms with Crippen LogP contribution in [0.15, 0.2) is 60.8 Å². The molecule has 8 heteroatoms. The van der Waals surface area contributed by atoms with E-state index in [-0.39, 0.29) is 18.4 Å². The van der Waals surface area contributed by atoms with E-state index in [4.69, 9.17) is 0 Å². The standard InChI is InChI=1S/C32H32F2N4O2/c1-30(2)29(40)38(31(3,19-37(30)4)23-14-24(33)16-25(34)15-23)12-6-7-20-9-10-21-17-32(18-22(21)13-20)26-8-5-11-35-27(26)36-28(32)39/h5-11,13-16H,12,17-19H2,1-4H3,(H,35,36,39)/t31-,32+/m0/s1. The number of nitrogens with zero attached hydrogens (tertiary/aromatic N) is 3. The molecule has 1 N–H and O–H groups in total. The molecule has 2 amide bonds. The molecule has 40 heavy (non-hydrogen) atoms. The van der Waals surface area contributed by atoms with Crippen LogP contribution in [0.2, 0.25) is 0 Å². The summed E-state index contributed by atoms with van der Waals surface area (Å²) in [4.78, 5) is 34.7. The molecule has 0 radical (unpaired) electrons. The number of halogens is 2. The number of aromatic nitrogens is 1. The first-order valence-corrected chi connectivity index (χ1v) is 13.5. The number of pyridine rings is 1. The van der Waals surface area contributed by atoms with Crippen LogP contribution >= 0.6 is 0 Å². The average molecular weight is 543 g/mol. The van der Waals surface area contributed by atoms with Gasteiger partial charge in [-0.15, -0.1) is 0 Å². The molecule has 2 aliphatic heterocycles. The second kappa shape index (κ2) is 9.06. The summed E-state index contributed by atoms with van der Waals surface area (Å²) in [7, 11) is 1.86. The Kier molecular flexibility index (Phi) is 5.96. The third-order valence-corrected chi connectivity index (χ3v) is 9.15. The molecule has 0 saturated carbocycles. The second-order valence-electron chi connectivity index (χ2n) is 12.0. The van der Waals surface area contributed by atoms with Crippen molar-refractivity contribution in [1.29, 1.82) is 0 Å². The summed E-state index contributed by atoms with van der Waals surface area (Å²) in [6.07, 6.45) is 6.79. The molecule has 3 aliphatic rings. The van der Waals surface area contributed by atoms with Gasteiger partial charge in [0.05, 0.1) is 16.5 Å². The minimum absolute atomic E-state index is 0.0150. The van der Waals surface area contributed by atoms with E-state index in [1.807, 2.05) is 63.1 Å². The Morgan fingerprint density at radius 2 is 1.73 bits per heavy atom. The summed E-state index contributed by atoms with van der Waals surface area (Å²) in [6.45, 7) is 6.27. The lowest BCUT2D eigenvalue weighted by Crippen LogP contribution is -2.69. The Morgan fingerprint density at radius 1 is 1.00 bits per heavy atom. The van der Waals surface area contributed by atoms with E-state index >= 15 is 0 Å². The third kappa shape index (κ3) is 3.96. The van der Waals surface area contributed by atoms with E-state index in [2.05, 4.69) is 22.4 Å². The highest BCUT2D eigenvalue weighted by Gasteiger charge is 2.52. The van der Waals surface area contributed by atoms with Crippen molar-refractivity contribution < 1.29 is 18.4 Å². The molecule has 206 valence electrons. The fraction of sp³-hybridized carbons (Fsp3) is 0.344. The van der Waals surface area contributed by atoms with Crippen LogP contribution in [0.5, 0.6) is 0 Å². The van der Waals surface area contributed by atoms with Crippen molar-refractivity contribution in [3.8, 4) is 0 Å². The van der Waals surface area contributed by atoms with Gasteiger partial charge in [0.2, 0.25) is 11.8 Å². The summed E-state index contributed by atoms with van der Waals surface area (Å²) in [5.41, 5.74) is 2.24. The van der Waals surface area contributed by atoms with Crippen LogP contribution in [0.4, 0.5) is 14.6 Å². The second-order valence-corrected chi connectivity index (χ2v) is 12.0. The molecular formula is C32H32F2N4O2. The highest BCUT2D eigenvalue weighted by atomic mass is 19.1. The first-order chi connectivity index (χ1) is 18.9. The molecular weight excluding hydrogens is 510 g/mol. The number of likely N-dealkylation sites (N-methyl/N-ethyl adjacent to an activating group) is 1. The number of benzene rings is 2. The number of piperazine rings is 1. The molecule has 6 rings (SSSR count). The van der Waals surface area contributed by atoms with Crippen molar-refractivity contribution in [2.24, 2.45) is 0 Å². The summed E-state index contributed by atoms with van der Waals surface area (Å²) >= 11 is 0. The van der Waals surface area contributed by atoms with Crippen molar-refractivity contribution in [1.82, 2.24) is 14.8 Å². The number of rotatable bonds is 4. The Morgan fingerprint density at radius 3 is 2.48 bits per heavy atom. The Labute approximate surface area is 232 Å². The SMILES string of the molecule is CN1C[C@@](C)(c2cc(F)cc(F)c2)N(CC=Cc2ccc3c(c2)C[C@@]2(C3)C(=O)Nc3ncccc32)C(=O)C1(C)C. The topological polar surface area (TPSA) is 65.5 Å². The smallest absolute Gasteiger partial charge is 0.243 e. The summed E-state index contributed by atoms with van der Waals surface area (Å²) in [5.74, 6) is -0.831. The van der Waals surface area contributed by atoms with Crippen molar-refractivity contribution in [3.63, 3.8) is 0 Å². The van der Waals surface area contributed by atoms with Crippen LogP contribution in [0, 0.1) is 11.6 Å². The quantitative estimate of drug-likeness (QED) is 0.513. The fourth-order valence-electron chi connectivity index (χ4n) is 6.54.